The van der Waals surface area contributed by atoms with E-state index in [0.717, 1.165) is 27.7 Å². The maximum Gasteiger partial charge on any atom is 0.238 e. The fraction of sp³-hybridized carbons (Fsp3) is 0.333. The molecule has 0 saturated carbocycles. The van der Waals surface area contributed by atoms with Gasteiger partial charge in [-0.2, -0.15) is 0 Å². The second kappa shape index (κ2) is 9.58. The third-order valence-corrected chi connectivity index (χ3v) is 8.79. The molecule has 3 heterocycles. The normalized spacial score (nSPS) is 25.0. The fourth-order valence-electron chi connectivity index (χ4n) is 6.30. The van der Waals surface area contributed by atoms with Crippen molar-refractivity contribution in [2.75, 3.05) is 25.1 Å². The van der Waals surface area contributed by atoms with Crippen LogP contribution in [0.2, 0.25) is 10.0 Å². The summed E-state index contributed by atoms with van der Waals surface area (Å²) in [5.41, 5.74) is 3.77. The zero-order valence-corrected chi connectivity index (χ0v) is 23.6. The largest absolute Gasteiger partial charge is 0.493 e. The molecule has 1 unspecified atom stereocenters. The molecular weight excluding hydrogens is 534 g/mol. The molecule has 3 aliphatic heterocycles. The first-order chi connectivity index (χ1) is 18.6. The molecule has 6 rings (SSSR count). The molecule has 3 aromatic carbocycles. The SMILES string of the molecule is Bc1ccc(OCC2(C)COC2)c([C@H]2CC(=O)NC(c3cc(Cl)ccc3C)[C@]23C(=O)Nc2cc(Cl)ccc23)c1. The number of carbonyl (C=O) groups excluding carboxylic acids is 2. The molecule has 9 heteroatoms. The second-order valence-electron chi connectivity index (χ2n) is 11.4. The molecule has 0 radical (unpaired) electrons. The monoisotopic (exact) mass is 562 g/mol. The lowest BCUT2D eigenvalue weighted by Crippen LogP contribution is -2.57. The van der Waals surface area contributed by atoms with Crippen molar-refractivity contribution in [3.05, 3.63) is 86.9 Å². The van der Waals surface area contributed by atoms with Crippen LogP contribution in [0, 0.1) is 12.3 Å². The van der Waals surface area contributed by atoms with Gasteiger partial charge in [-0.05, 0) is 59.5 Å². The molecule has 3 aromatic rings. The first-order valence-corrected chi connectivity index (χ1v) is 13.8. The maximum atomic E-state index is 14.4. The number of benzene rings is 3. The molecule has 2 amide bonds. The molecule has 6 nitrogen and oxygen atoms in total. The number of halogens is 2. The molecule has 0 bridgehead atoms. The number of ether oxygens (including phenoxy) is 2. The third kappa shape index (κ3) is 4.32. The minimum atomic E-state index is -1.17. The van der Waals surface area contributed by atoms with E-state index in [9.17, 15) is 9.59 Å². The van der Waals surface area contributed by atoms with Crippen molar-refractivity contribution in [3.63, 3.8) is 0 Å². The third-order valence-electron chi connectivity index (χ3n) is 8.32. The average molecular weight is 563 g/mol. The van der Waals surface area contributed by atoms with Gasteiger partial charge >= 0.3 is 0 Å². The highest BCUT2D eigenvalue weighted by Gasteiger charge is 2.61. The van der Waals surface area contributed by atoms with Crippen LogP contribution in [0.25, 0.3) is 0 Å². The summed E-state index contributed by atoms with van der Waals surface area (Å²) < 4.78 is 11.9. The number of amides is 2. The first-order valence-electron chi connectivity index (χ1n) is 13.1. The van der Waals surface area contributed by atoms with E-state index in [1.165, 1.54) is 0 Å². The van der Waals surface area contributed by atoms with E-state index in [1.54, 1.807) is 12.1 Å². The van der Waals surface area contributed by atoms with Gasteiger partial charge in [0.05, 0.1) is 25.9 Å². The van der Waals surface area contributed by atoms with Gasteiger partial charge in [0, 0.05) is 33.5 Å². The Morgan fingerprint density at radius 1 is 1.03 bits per heavy atom. The van der Waals surface area contributed by atoms with E-state index in [2.05, 4.69) is 17.6 Å². The van der Waals surface area contributed by atoms with Gasteiger partial charge < -0.3 is 20.1 Å². The first kappa shape index (κ1) is 26.2. The summed E-state index contributed by atoms with van der Waals surface area (Å²) in [7, 11) is 2.00. The van der Waals surface area contributed by atoms with Crippen LogP contribution in [-0.2, 0) is 19.7 Å². The number of anilines is 1. The van der Waals surface area contributed by atoms with Crippen LogP contribution in [0.15, 0.2) is 54.6 Å². The molecule has 39 heavy (non-hydrogen) atoms. The van der Waals surface area contributed by atoms with Gasteiger partial charge in [-0.25, -0.2) is 0 Å². The molecule has 200 valence electrons. The van der Waals surface area contributed by atoms with E-state index in [-0.39, 0.29) is 23.7 Å². The number of aryl methyl sites for hydroxylation is 1. The lowest BCUT2D eigenvalue weighted by atomic mass is 9.58. The lowest BCUT2D eigenvalue weighted by molar-refractivity contribution is -0.131. The summed E-state index contributed by atoms with van der Waals surface area (Å²) in [4.78, 5) is 27.8. The number of hydrogen-bond donors (Lipinski definition) is 2. The fourth-order valence-corrected chi connectivity index (χ4v) is 6.65. The Bertz CT molecular complexity index is 1510. The minimum Gasteiger partial charge on any atom is -0.493 e. The van der Waals surface area contributed by atoms with Gasteiger partial charge in [0.2, 0.25) is 11.8 Å². The summed E-state index contributed by atoms with van der Waals surface area (Å²) in [6.45, 7) is 5.84. The van der Waals surface area contributed by atoms with E-state index in [1.807, 2.05) is 57.2 Å². The predicted molar refractivity (Wildman–Crippen MR) is 155 cm³/mol. The highest BCUT2D eigenvalue weighted by molar-refractivity contribution is 6.32. The standard InChI is InChI=1S/C30H29BCl2N2O4/c1-16-3-5-18(32)10-20(16)27-30(22-7-6-19(33)11-24(22)34-28(30)37)23(12-26(36)35-27)21-9-17(31)4-8-25(21)39-15-29(2)13-38-14-29/h3-11,23,27H,12-15,31H2,1-2H3,(H,34,37)(H,35,36)/t23-,27?,30-/m1/s1. The Labute approximate surface area is 238 Å². The van der Waals surface area contributed by atoms with E-state index < -0.39 is 17.4 Å². The van der Waals surface area contributed by atoms with Crippen LogP contribution in [-0.4, -0.2) is 39.5 Å². The minimum absolute atomic E-state index is 0.0711. The van der Waals surface area contributed by atoms with Gasteiger partial charge in [0.25, 0.3) is 0 Å². The topological polar surface area (TPSA) is 76.7 Å². The summed E-state index contributed by atoms with van der Waals surface area (Å²) in [6, 6.07) is 16.4. The van der Waals surface area contributed by atoms with Gasteiger partial charge in [-0.3, -0.25) is 9.59 Å². The zero-order chi connectivity index (χ0) is 27.5. The average Bonchev–Trinajstić information content (AvgIpc) is 3.16. The molecule has 0 aromatic heterocycles. The molecule has 2 N–H and O–H groups in total. The van der Waals surface area contributed by atoms with Gasteiger partial charge in [0.15, 0.2) is 0 Å². The Balaban J connectivity index is 1.58. The quantitative estimate of drug-likeness (QED) is 0.457. The van der Waals surface area contributed by atoms with Gasteiger partial charge in [-0.1, -0.05) is 59.9 Å². The molecule has 3 atom stereocenters. The second-order valence-corrected chi connectivity index (χ2v) is 12.3. The van der Waals surface area contributed by atoms with E-state index >= 15 is 0 Å². The summed E-state index contributed by atoms with van der Waals surface area (Å²) >= 11 is 12.8. The number of carbonyl (C=O) groups is 2. The van der Waals surface area contributed by atoms with Crippen molar-refractivity contribution >= 4 is 54.0 Å². The Morgan fingerprint density at radius 2 is 1.77 bits per heavy atom. The lowest BCUT2D eigenvalue weighted by Gasteiger charge is -2.47. The smallest absolute Gasteiger partial charge is 0.238 e. The van der Waals surface area contributed by atoms with Crippen molar-refractivity contribution in [1.29, 1.82) is 0 Å². The van der Waals surface area contributed by atoms with E-state index in [4.69, 9.17) is 32.7 Å². The van der Waals surface area contributed by atoms with Crippen LogP contribution in [0.1, 0.15) is 47.6 Å². The number of rotatable bonds is 5. The zero-order valence-electron chi connectivity index (χ0n) is 22.1. The van der Waals surface area contributed by atoms with Crippen LogP contribution >= 0.6 is 23.2 Å². The molecule has 0 aliphatic carbocycles. The van der Waals surface area contributed by atoms with Crippen LogP contribution < -0.4 is 20.8 Å². The highest BCUT2D eigenvalue weighted by Crippen LogP contribution is 2.59. The summed E-state index contributed by atoms with van der Waals surface area (Å²) in [5.74, 6) is -0.181. The van der Waals surface area contributed by atoms with Crippen molar-refractivity contribution in [2.24, 2.45) is 5.41 Å². The van der Waals surface area contributed by atoms with Gasteiger partial charge in [-0.15, -0.1) is 0 Å². The number of fused-ring (bicyclic) bond motifs is 2. The van der Waals surface area contributed by atoms with Crippen LogP contribution in [0.5, 0.6) is 5.75 Å². The number of nitrogens with one attached hydrogen (secondary N) is 2. The summed E-state index contributed by atoms with van der Waals surface area (Å²) in [6.07, 6.45) is 0.117. The van der Waals surface area contributed by atoms with Crippen molar-refractivity contribution in [2.45, 2.75) is 37.6 Å². The Hall–Kier alpha value is -3.00. The molecule has 1 spiro atoms. The van der Waals surface area contributed by atoms with Crippen LogP contribution in [0.4, 0.5) is 5.69 Å². The van der Waals surface area contributed by atoms with Crippen molar-refractivity contribution in [1.82, 2.24) is 5.32 Å². The van der Waals surface area contributed by atoms with Gasteiger partial charge in [0.1, 0.15) is 19.0 Å². The van der Waals surface area contributed by atoms with Crippen molar-refractivity contribution < 1.29 is 19.1 Å². The highest BCUT2D eigenvalue weighted by atomic mass is 35.5. The molecule has 2 fully saturated rings. The molecular formula is C30H29BCl2N2O4. The number of piperidine rings is 1. The van der Waals surface area contributed by atoms with Crippen LogP contribution in [0.3, 0.4) is 0 Å². The molecule has 3 aliphatic rings. The summed E-state index contributed by atoms with van der Waals surface area (Å²) in [5, 5.41) is 7.33. The van der Waals surface area contributed by atoms with Crippen molar-refractivity contribution in [3.8, 4) is 5.75 Å². The maximum absolute atomic E-state index is 14.4. The molecule has 2 saturated heterocycles. The number of hydrogen-bond acceptors (Lipinski definition) is 4. The Morgan fingerprint density at radius 3 is 2.51 bits per heavy atom. The predicted octanol–water partition coefficient (Wildman–Crippen LogP) is 4.21. The Kier molecular flexibility index (Phi) is 6.44. The van der Waals surface area contributed by atoms with E-state index in [0.29, 0.717) is 41.3 Å².